The maximum Gasteiger partial charge on any atom is 0.162 e. The van der Waals surface area contributed by atoms with E-state index in [0.29, 0.717) is 79.2 Å². The molecule has 18 heteroatoms. The maximum atomic E-state index is 11.3. The van der Waals surface area contributed by atoms with Crippen molar-refractivity contribution in [3.63, 3.8) is 0 Å². The number of phenols is 6. The van der Waals surface area contributed by atoms with E-state index in [-0.39, 0.29) is 79.2 Å². The van der Waals surface area contributed by atoms with E-state index < -0.39 is 11.2 Å². The zero-order chi connectivity index (χ0) is 93.8. The Morgan fingerprint density at radius 3 is 0.587 bits per heavy atom. The molecule has 0 spiro atoms. The van der Waals surface area contributed by atoms with Crippen LogP contribution in [0.25, 0.3) is 0 Å². The van der Waals surface area contributed by atoms with Gasteiger partial charge in [-0.2, -0.15) is 70.6 Å². The summed E-state index contributed by atoms with van der Waals surface area (Å²) in [5.74, 6) is 9.68. The van der Waals surface area contributed by atoms with Crippen LogP contribution >= 0.6 is 70.6 Å². The largest absolute Gasteiger partial charge is 0.504 e. The second-order valence-corrected chi connectivity index (χ2v) is 51.5. The lowest BCUT2D eigenvalue weighted by atomic mass is 9.86. The Labute approximate surface area is 790 Å². The summed E-state index contributed by atoms with van der Waals surface area (Å²) in [5.41, 5.74) is 11.8. The van der Waals surface area contributed by atoms with Gasteiger partial charge in [0.2, 0.25) is 0 Å². The van der Waals surface area contributed by atoms with Crippen LogP contribution in [0.4, 0.5) is 0 Å². The highest BCUT2D eigenvalue weighted by molar-refractivity contribution is 8.04. The zero-order valence-corrected chi connectivity index (χ0v) is 88.4. The molecule has 0 bridgehead atoms. The van der Waals surface area contributed by atoms with Crippen LogP contribution in [-0.4, -0.2) is 98.8 Å². The molecule has 0 unspecified atom stereocenters. The Bertz CT molecular complexity index is 4100. The van der Waals surface area contributed by atoms with Crippen molar-refractivity contribution < 1.29 is 59.1 Å². The average molecular weight is 1850 g/mol. The lowest BCUT2D eigenvalue weighted by molar-refractivity contribution is 0.125. The van der Waals surface area contributed by atoms with Crippen LogP contribution in [0, 0.1) is 0 Å². The fourth-order valence-electron chi connectivity index (χ4n) is 15.9. The average Bonchev–Trinajstić information content (AvgIpc) is 0.776. The van der Waals surface area contributed by atoms with Gasteiger partial charge in [-0.1, -0.05) is 238 Å². The Kier molecular flexibility index (Phi) is 40.8. The van der Waals surface area contributed by atoms with Gasteiger partial charge in [0.25, 0.3) is 0 Å². The summed E-state index contributed by atoms with van der Waals surface area (Å²) in [6.07, 6.45) is 22.2. The van der Waals surface area contributed by atoms with Crippen LogP contribution in [-0.2, 0) is 67.0 Å². The van der Waals surface area contributed by atoms with Gasteiger partial charge in [-0.25, -0.2) is 0 Å². The molecule has 6 N–H and O–H groups in total. The quantitative estimate of drug-likeness (QED) is 0.0273. The normalized spacial score (nSPS) is 18.8. The van der Waals surface area contributed by atoms with Gasteiger partial charge in [0.1, 0.15) is 11.2 Å². The minimum Gasteiger partial charge on any atom is -0.504 e. The summed E-state index contributed by atoms with van der Waals surface area (Å²) in [6.45, 7) is 64.8. The van der Waals surface area contributed by atoms with Gasteiger partial charge in [0.05, 0.1) is 25.4 Å². The number of thioether (sulfide) groups is 6. The summed E-state index contributed by atoms with van der Waals surface area (Å²) in [6, 6.07) is 25.1. The van der Waals surface area contributed by atoms with Gasteiger partial charge in [-0.3, -0.25) is 0 Å². The van der Waals surface area contributed by atoms with Crippen LogP contribution in [0.2, 0.25) is 0 Å². The van der Waals surface area contributed by atoms with Crippen LogP contribution in [0.15, 0.2) is 72.8 Å². The molecule has 6 aromatic carbocycles. The van der Waals surface area contributed by atoms with E-state index in [1.807, 2.05) is 190 Å². The Balaban J connectivity index is 0.000000260. The molecular weight excluding hydrogens is 1680 g/mol. The second kappa shape index (κ2) is 47.6. The van der Waals surface area contributed by atoms with Crippen LogP contribution in [0.3, 0.4) is 0 Å². The lowest BCUT2D eigenvalue weighted by Crippen LogP contribution is -2.24. The fraction of sp³-hybridized carbons (Fsp3) is 0.667. The first-order chi connectivity index (χ1) is 58.5. The Hall–Kier alpha value is -4.98. The Morgan fingerprint density at radius 2 is 0.421 bits per heavy atom. The molecule has 9 rings (SSSR count). The molecule has 0 heterocycles. The van der Waals surface area contributed by atoms with Crippen molar-refractivity contribution in [1.29, 1.82) is 0 Å². The summed E-state index contributed by atoms with van der Waals surface area (Å²) in [4.78, 5) is 0. The molecular formula is C108H168O12S6. The molecule has 0 saturated heterocycles. The van der Waals surface area contributed by atoms with Crippen molar-refractivity contribution in [2.24, 2.45) is 0 Å². The zero-order valence-electron chi connectivity index (χ0n) is 83.5. The molecule has 3 saturated carbocycles. The van der Waals surface area contributed by atoms with Crippen LogP contribution in [0.1, 0.15) is 390 Å². The first-order valence-electron chi connectivity index (χ1n) is 47.4. The Morgan fingerprint density at radius 1 is 0.254 bits per heavy atom. The smallest absolute Gasteiger partial charge is 0.162 e. The van der Waals surface area contributed by atoms with Gasteiger partial charge >= 0.3 is 0 Å². The number of aromatic hydroxyl groups is 6. The standard InChI is InChI=1S/C38H60O4S2.C36H56O4S2.C34H52O4S2/c1-35(2,3)27-19-25(33(39)29(21-27)41-37(7,8)9)23-43-31-17-15-13-14-16-18-32(31)44-24-26-20-28(36(4,5)6)22-30(34(26)40)42-38(10,11)12;1-23(2)39-29-19-27(35(5,6)7)17-25(33(29)37)21-41-31-15-13-11-12-14-16-32(31)42-22-26-18-28(36(8,9)10)20-30(34(26)38)40-24(3)4;1-9-37-27-19-25(33(3,4)5)17-23(31(27)35)21-39-29-15-13-11-12-14-16-30(29)40-22-24-18-26(34(6,7)8)20-28(32(24)36)38-10-2/h19-22,31-32,39-40H,13-18,23-24H2,1-12H3;17-20,23-24,31-32,37-38H,11-16,21-22H2,1-10H3;17-20,29-30,35-36H,9-16,21-22H2,1-8H3/t2*31-,32-;29-,30-/m000/s1. The third-order valence-corrected chi connectivity index (χ3v) is 32.8. The van der Waals surface area contributed by atoms with Crippen molar-refractivity contribution in [2.75, 3.05) is 13.2 Å². The predicted molar refractivity (Wildman–Crippen MR) is 549 cm³/mol. The van der Waals surface area contributed by atoms with Crippen molar-refractivity contribution >= 4 is 70.6 Å². The first kappa shape index (κ1) is 108. The third kappa shape index (κ3) is 34.2. The van der Waals surface area contributed by atoms with E-state index >= 15 is 0 Å². The van der Waals surface area contributed by atoms with Crippen molar-refractivity contribution in [3.8, 4) is 69.0 Å². The van der Waals surface area contributed by atoms with Gasteiger partial charge < -0.3 is 59.1 Å². The van der Waals surface area contributed by atoms with Gasteiger partial charge in [-0.15, -0.1) is 0 Å². The monoisotopic (exact) mass is 1850 g/mol. The van der Waals surface area contributed by atoms with Crippen molar-refractivity contribution in [3.05, 3.63) is 140 Å². The van der Waals surface area contributed by atoms with Crippen LogP contribution in [0.5, 0.6) is 69.0 Å². The number of rotatable bonds is 28. The summed E-state index contributed by atoms with van der Waals surface area (Å²) >= 11 is 11.9. The number of phenolic OH excluding ortho intramolecular Hbond substituents is 6. The predicted octanol–water partition coefficient (Wildman–Crippen LogP) is 31.6. The van der Waals surface area contributed by atoms with E-state index in [9.17, 15) is 30.6 Å². The molecule has 126 heavy (non-hydrogen) atoms. The molecule has 3 aliphatic rings. The lowest BCUT2D eigenvalue weighted by Gasteiger charge is -2.30. The van der Waals surface area contributed by atoms with Crippen molar-refractivity contribution in [1.82, 2.24) is 0 Å². The van der Waals surface area contributed by atoms with E-state index in [2.05, 4.69) is 161 Å². The van der Waals surface area contributed by atoms with Crippen molar-refractivity contribution in [2.45, 2.75) is 445 Å². The minimum atomic E-state index is -0.396. The van der Waals surface area contributed by atoms with Gasteiger partial charge in [0.15, 0.2) is 69.0 Å². The topological polar surface area (TPSA) is 177 Å². The number of ether oxygens (including phenoxy) is 6. The minimum absolute atomic E-state index is 0.00216. The molecule has 3 aliphatic carbocycles. The SMILES string of the molecule is CC(C)(C)Oc1cc(C(C)(C)C)cc(CS[C@H]2CCCCCC[C@@H]2SCc2cc(C(C)(C)C)cc(OC(C)(C)C)c2O)c1O.CC(C)Oc1cc(C(C)(C)C)cc(CS[C@H]2CCCCCC[C@@H]2SCc2cc(C(C)(C)C)cc(OC(C)C)c2O)c1O.CCOc1cc(C(C)(C)C)cc(CS[C@H]2CCCCCC[C@@H]2SCc2cc(C(C)(C)C)cc(OCC)c2O)c1O. The summed E-state index contributed by atoms with van der Waals surface area (Å²) in [7, 11) is 0. The van der Waals surface area contributed by atoms with E-state index in [4.69, 9.17) is 28.4 Å². The van der Waals surface area contributed by atoms with E-state index in [1.54, 1.807) is 0 Å². The fourth-order valence-corrected chi connectivity index (χ4v) is 25.1. The highest BCUT2D eigenvalue weighted by Gasteiger charge is 2.34. The molecule has 0 amide bonds. The molecule has 6 aromatic rings. The van der Waals surface area contributed by atoms with E-state index in [0.717, 1.165) is 67.9 Å². The molecule has 0 aromatic heterocycles. The van der Waals surface area contributed by atoms with Gasteiger partial charge in [0, 0.05) is 99.4 Å². The third-order valence-electron chi connectivity index (χ3n) is 23.4. The maximum absolute atomic E-state index is 11.3. The van der Waals surface area contributed by atoms with Crippen LogP contribution < -0.4 is 28.4 Å². The molecule has 6 atom stereocenters. The second-order valence-electron chi connectivity index (χ2n) is 44.1. The molecule has 12 nitrogen and oxygen atoms in total. The molecule has 3 fully saturated rings. The van der Waals surface area contributed by atoms with E-state index in [1.165, 1.54) is 149 Å². The molecule has 708 valence electrons. The number of hydrogen-bond acceptors (Lipinski definition) is 18. The van der Waals surface area contributed by atoms with Gasteiger partial charge in [-0.05, 0) is 224 Å². The number of hydrogen-bond donors (Lipinski definition) is 6. The molecule has 0 radical (unpaired) electrons. The number of benzene rings is 6. The summed E-state index contributed by atoms with van der Waals surface area (Å²) < 4.78 is 36.2. The molecule has 0 aliphatic heterocycles. The summed E-state index contributed by atoms with van der Waals surface area (Å²) in [5, 5.41) is 70.1. The first-order valence-corrected chi connectivity index (χ1v) is 53.7. The highest BCUT2D eigenvalue weighted by atomic mass is 32.2. The highest BCUT2D eigenvalue weighted by Crippen LogP contribution is 2.51.